The Morgan fingerprint density at radius 3 is 2.17 bits per heavy atom. The van der Waals surface area contributed by atoms with E-state index in [9.17, 15) is 5.11 Å². The van der Waals surface area contributed by atoms with Gasteiger partial charge in [-0.1, -0.05) is 54.4 Å². The van der Waals surface area contributed by atoms with Crippen molar-refractivity contribution < 1.29 is 5.11 Å². The molecule has 0 radical (unpaired) electrons. The van der Waals surface area contributed by atoms with E-state index in [1.165, 1.54) is 70.6 Å². The van der Waals surface area contributed by atoms with Gasteiger partial charge in [0.15, 0.2) is 0 Å². The minimum Gasteiger partial charge on any atom is -0.393 e. The normalized spacial score (nSPS) is 58.7. The highest BCUT2D eigenvalue weighted by atomic mass is 16.3. The fourth-order valence-electron chi connectivity index (χ4n) is 11.3. The molecule has 3 unspecified atom stereocenters. The highest BCUT2D eigenvalue weighted by Gasteiger charge is 2.69. The summed E-state index contributed by atoms with van der Waals surface area (Å²) < 4.78 is 0. The summed E-state index contributed by atoms with van der Waals surface area (Å²) in [6.45, 7) is 15.4. The van der Waals surface area contributed by atoms with Crippen molar-refractivity contribution in [2.75, 3.05) is 0 Å². The first kappa shape index (κ1) is 20.8. The van der Waals surface area contributed by atoms with Crippen LogP contribution in [-0.2, 0) is 0 Å². The van der Waals surface area contributed by atoms with E-state index in [1.807, 2.05) is 0 Å². The van der Waals surface area contributed by atoms with Gasteiger partial charge < -0.3 is 5.11 Å². The van der Waals surface area contributed by atoms with Gasteiger partial charge in [0.05, 0.1) is 6.10 Å². The molecule has 0 aromatic heterocycles. The average molecular weight is 401 g/mol. The Morgan fingerprint density at radius 2 is 1.45 bits per heavy atom. The van der Waals surface area contributed by atoms with E-state index in [-0.39, 0.29) is 11.5 Å². The third-order valence-corrected chi connectivity index (χ3v) is 13.2. The molecule has 5 rings (SSSR count). The molecule has 1 nitrogen and oxygen atoms in total. The van der Waals surface area contributed by atoms with Crippen molar-refractivity contribution in [2.24, 2.45) is 50.7 Å². The van der Waals surface area contributed by atoms with Gasteiger partial charge in [-0.3, -0.25) is 0 Å². The van der Waals surface area contributed by atoms with E-state index < -0.39 is 0 Å². The van der Waals surface area contributed by atoms with E-state index in [0.717, 1.165) is 24.2 Å². The van der Waals surface area contributed by atoms with Gasteiger partial charge in [-0.15, -0.1) is 0 Å². The molecule has 1 N–H and O–H groups in total. The fourth-order valence-corrected chi connectivity index (χ4v) is 11.3. The van der Waals surface area contributed by atoms with Gasteiger partial charge in [0.2, 0.25) is 0 Å². The fraction of sp³-hybridized carbons (Fsp3) is 1.00. The molecule has 5 saturated carbocycles. The zero-order valence-corrected chi connectivity index (χ0v) is 20.3. The highest BCUT2D eigenvalue weighted by Crippen LogP contribution is 2.77. The Balaban J connectivity index is 1.53. The summed E-state index contributed by atoms with van der Waals surface area (Å²) >= 11 is 0. The van der Waals surface area contributed by atoms with Gasteiger partial charge >= 0.3 is 0 Å². The van der Waals surface area contributed by atoms with Crippen molar-refractivity contribution in [1.29, 1.82) is 0 Å². The van der Waals surface area contributed by atoms with Gasteiger partial charge in [-0.05, 0) is 115 Å². The molecule has 5 fully saturated rings. The monoisotopic (exact) mass is 400 g/mol. The molecule has 0 bridgehead atoms. The van der Waals surface area contributed by atoms with Gasteiger partial charge in [0.1, 0.15) is 0 Å². The van der Waals surface area contributed by atoms with Crippen molar-refractivity contribution in [2.45, 2.75) is 125 Å². The number of fused-ring (bicyclic) bond motifs is 7. The summed E-state index contributed by atoms with van der Waals surface area (Å²) in [5.74, 6) is 3.54. The lowest BCUT2D eigenvalue weighted by Crippen LogP contribution is -2.66. The van der Waals surface area contributed by atoms with Crippen molar-refractivity contribution in [3.63, 3.8) is 0 Å². The number of aliphatic hydroxyl groups excluding tert-OH is 1. The molecule has 1 heteroatoms. The van der Waals surface area contributed by atoms with Crippen LogP contribution in [-0.4, -0.2) is 11.2 Å². The van der Waals surface area contributed by atoms with E-state index in [4.69, 9.17) is 0 Å². The van der Waals surface area contributed by atoms with E-state index in [1.54, 1.807) is 0 Å². The quantitative estimate of drug-likeness (QED) is 0.480. The molecule has 0 amide bonds. The summed E-state index contributed by atoms with van der Waals surface area (Å²) in [6.07, 6.45) is 16.9. The van der Waals surface area contributed by atoms with Crippen molar-refractivity contribution >= 4 is 0 Å². The van der Waals surface area contributed by atoms with Crippen molar-refractivity contribution in [1.82, 2.24) is 0 Å². The van der Waals surface area contributed by atoms with Crippen molar-refractivity contribution in [3.8, 4) is 0 Å². The molecule has 5 aliphatic rings. The minimum absolute atomic E-state index is 0.0848. The highest BCUT2D eigenvalue weighted by molar-refractivity contribution is 5.18. The van der Waals surface area contributed by atoms with Crippen LogP contribution in [0.3, 0.4) is 0 Å². The molecule has 0 heterocycles. The Bertz CT molecular complexity index is 667. The van der Waals surface area contributed by atoms with E-state index in [2.05, 4.69) is 41.5 Å². The molecule has 29 heavy (non-hydrogen) atoms. The SMILES string of the molecule is CCC12CCC[C@@H]1C1CC[C@H]3C(C)(CC[C@H]4C(C)(C)[C@@H](O)CC[C@@]43C)[C@]1(C)CC2. The Hall–Kier alpha value is -0.0400. The van der Waals surface area contributed by atoms with Crippen molar-refractivity contribution in [3.05, 3.63) is 0 Å². The van der Waals surface area contributed by atoms with Crippen LogP contribution in [0.15, 0.2) is 0 Å². The summed E-state index contributed by atoms with van der Waals surface area (Å²) in [6, 6.07) is 0. The standard InChI is InChI=1S/C28H48O/c1-7-28-14-8-9-20(28)19-10-11-22-25(4)15-13-23(29)24(2,3)21(25)12-16-27(22,6)26(19,5)17-18-28/h19-23,29H,7-18H2,1-6H3/t19?,20-,21+,22-,23+,25+,26-,27?,28?/m1/s1. The maximum absolute atomic E-state index is 10.8. The second kappa shape index (κ2) is 6.26. The predicted molar refractivity (Wildman–Crippen MR) is 122 cm³/mol. The minimum atomic E-state index is -0.102. The maximum Gasteiger partial charge on any atom is 0.0594 e. The van der Waals surface area contributed by atoms with Crippen LogP contribution in [0.1, 0.15) is 119 Å². The number of rotatable bonds is 1. The number of hydrogen-bond acceptors (Lipinski definition) is 1. The van der Waals surface area contributed by atoms with Crippen LogP contribution >= 0.6 is 0 Å². The summed E-state index contributed by atoms with van der Waals surface area (Å²) in [5.41, 5.74) is 2.26. The smallest absolute Gasteiger partial charge is 0.0594 e. The van der Waals surface area contributed by atoms with Gasteiger partial charge in [0.25, 0.3) is 0 Å². The summed E-state index contributed by atoms with van der Waals surface area (Å²) in [5, 5.41) is 10.8. The molecule has 9 atom stereocenters. The van der Waals surface area contributed by atoms with Crippen LogP contribution in [0.5, 0.6) is 0 Å². The third kappa shape index (κ3) is 2.38. The molecule has 5 aliphatic carbocycles. The lowest BCUT2D eigenvalue weighted by molar-refractivity contribution is -0.245. The molecule has 0 saturated heterocycles. The summed E-state index contributed by atoms with van der Waals surface area (Å²) in [4.78, 5) is 0. The lowest BCUT2D eigenvalue weighted by atomic mass is 9.32. The number of aliphatic hydroxyl groups is 1. The first-order valence-electron chi connectivity index (χ1n) is 13.2. The Labute approximate surface area is 180 Å². The second-order valence-electron chi connectivity index (χ2n) is 13.8. The zero-order valence-electron chi connectivity index (χ0n) is 20.3. The molecular formula is C28H48O. The van der Waals surface area contributed by atoms with Crippen LogP contribution in [0.2, 0.25) is 0 Å². The predicted octanol–water partition coefficient (Wildman–Crippen LogP) is 7.61. The largest absolute Gasteiger partial charge is 0.393 e. The first-order valence-corrected chi connectivity index (χ1v) is 13.2. The van der Waals surface area contributed by atoms with Crippen LogP contribution in [0.4, 0.5) is 0 Å². The average Bonchev–Trinajstić information content (AvgIpc) is 3.10. The molecule has 166 valence electrons. The third-order valence-electron chi connectivity index (χ3n) is 13.2. The summed E-state index contributed by atoms with van der Waals surface area (Å²) in [7, 11) is 0. The molecule has 0 aromatic carbocycles. The molecule has 0 spiro atoms. The Kier molecular flexibility index (Phi) is 4.50. The molecule has 0 aliphatic heterocycles. The van der Waals surface area contributed by atoms with Crippen LogP contribution < -0.4 is 0 Å². The second-order valence-corrected chi connectivity index (χ2v) is 13.8. The van der Waals surface area contributed by atoms with Gasteiger partial charge in [0, 0.05) is 0 Å². The van der Waals surface area contributed by atoms with E-state index in [0.29, 0.717) is 27.6 Å². The molecule has 0 aromatic rings. The van der Waals surface area contributed by atoms with Crippen LogP contribution in [0.25, 0.3) is 0 Å². The lowest BCUT2D eigenvalue weighted by Gasteiger charge is -2.72. The zero-order chi connectivity index (χ0) is 20.9. The number of hydrogen-bond donors (Lipinski definition) is 1. The molecular weight excluding hydrogens is 352 g/mol. The van der Waals surface area contributed by atoms with E-state index >= 15 is 0 Å². The van der Waals surface area contributed by atoms with Gasteiger partial charge in [-0.25, -0.2) is 0 Å². The first-order chi connectivity index (χ1) is 13.6. The Morgan fingerprint density at radius 1 is 0.690 bits per heavy atom. The van der Waals surface area contributed by atoms with Gasteiger partial charge in [-0.2, -0.15) is 0 Å². The van der Waals surface area contributed by atoms with Crippen LogP contribution in [0, 0.1) is 50.7 Å². The maximum atomic E-state index is 10.8. The topological polar surface area (TPSA) is 20.2 Å².